The number of benzene rings is 1. The minimum absolute atomic E-state index is 0. The Balaban J connectivity index is 0.000000490. The van der Waals surface area contributed by atoms with Crippen LogP contribution in [0.15, 0.2) is 24.3 Å². The van der Waals surface area contributed by atoms with E-state index in [1.165, 1.54) is 0 Å². The first kappa shape index (κ1) is 4.19. The Morgan fingerprint density at radius 2 is 2.43 bits per heavy atom. The Bertz CT molecular complexity index is 138. The summed E-state index contributed by atoms with van der Waals surface area (Å²) in [4.78, 5) is 0. The van der Waals surface area contributed by atoms with E-state index in [9.17, 15) is 0 Å². The van der Waals surface area contributed by atoms with Gasteiger partial charge < -0.3 is 5.73 Å². The lowest BCUT2D eigenvalue weighted by atomic mass is 10.3. The van der Waals surface area contributed by atoms with Gasteiger partial charge in [0.05, 0.1) is 0 Å². The highest BCUT2D eigenvalue weighted by molar-refractivity contribution is 5.34. The van der Waals surface area contributed by atoms with Crippen molar-refractivity contribution in [2.24, 2.45) is 0 Å². The number of hydrogen-bond acceptors (Lipinski definition) is 1. The summed E-state index contributed by atoms with van der Waals surface area (Å²) in [6.07, 6.45) is 0. The van der Waals surface area contributed by atoms with E-state index < -0.39 is 0 Å². The van der Waals surface area contributed by atoms with Crippen molar-refractivity contribution >= 4 is 5.69 Å². The maximum Gasteiger partial charge on any atom is 1.00 e. The van der Waals surface area contributed by atoms with Gasteiger partial charge in [-0.05, 0) is 6.07 Å². The van der Waals surface area contributed by atoms with Gasteiger partial charge in [0, 0.05) is 11.8 Å². The largest absolute Gasteiger partial charge is 1.00 e. The topological polar surface area (TPSA) is 26.0 Å². The van der Waals surface area contributed by atoms with Crippen molar-refractivity contribution in [3.8, 4) is 0 Å². The average molecular weight is 93.1 g/mol. The van der Waals surface area contributed by atoms with Crippen molar-refractivity contribution in [3.63, 3.8) is 0 Å². The zero-order valence-corrected chi connectivity index (χ0v) is 3.89. The van der Waals surface area contributed by atoms with Crippen molar-refractivity contribution in [3.05, 3.63) is 30.3 Å². The summed E-state index contributed by atoms with van der Waals surface area (Å²) in [6, 6.07) is 10.2. The second-order valence-corrected chi connectivity index (χ2v) is 1.32. The molecule has 0 spiro atoms. The molecule has 0 amide bonds. The summed E-state index contributed by atoms with van der Waals surface area (Å²) < 4.78 is 0. The molecule has 0 fully saturated rings. The summed E-state index contributed by atoms with van der Waals surface area (Å²) in [7, 11) is 0. The Morgan fingerprint density at radius 3 is 2.71 bits per heavy atom. The van der Waals surface area contributed by atoms with Gasteiger partial charge >= 0.3 is 1.43 Å². The van der Waals surface area contributed by atoms with Crippen molar-refractivity contribution in [1.82, 2.24) is 0 Å². The molecule has 0 aliphatic heterocycles. The summed E-state index contributed by atoms with van der Waals surface area (Å²) >= 11 is 0. The van der Waals surface area contributed by atoms with Crippen LogP contribution in [0.5, 0.6) is 0 Å². The molecule has 0 bridgehead atoms. The molecule has 0 unspecified atom stereocenters. The maximum atomic E-state index is 5.30. The molecule has 1 rings (SSSR count). The van der Waals surface area contributed by atoms with Crippen LogP contribution in [0.4, 0.5) is 5.69 Å². The van der Waals surface area contributed by atoms with Gasteiger partial charge in [-0.3, -0.25) is 0 Å². The third-order valence-electron chi connectivity index (χ3n) is 0.733. The minimum Gasteiger partial charge on any atom is -0.398 e. The van der Waals surface area contributed by atoms with E-state index >= 15 is 0 Å². The van der Waals surface area contributed by atoms with Gasteiger partial charge in [-0.25, -0.2) is 0 Å². The monoisotopic (exact) mass is 93.1 g/mol. The van der Waals surface area contributed by atoms with Crippen LogP contribution in [0.2, 0.25) is 0 Å². The zero-order valence-electron chi connectivity index (χ0n) is 4.89. The first-order valence-corrected chi connectivity index (χ1v) is 2.12. The lowest BCUT2D eigenvalue weighted by molar-refractivity contribution is 1.67. The lowest BCUT2D eigenvalue weighted by Crippen LogP contribution is -1.80. The molecule has 1 heteroatoms. The average Bonchev–Trinajstić information content (AvgIpc) is 1.69. The molecule has 1 aromatic carbocycles. The Labute approximate surface area is 44.3 Å². The molecule has 0 aliphatic rings. The molecule has 2 N–H and O–H groups in total. The van der Waals surface area contributed by atoms with Crippen LogP contribution in [0.25, 0.3) is 0 Å². The minimum atomic E-state index is 0. The third kappa shape index (κ3) is 0.929. The second kappa shape index (κ2) is 1.65. The molecule has 1 aromatic rings. The first-order valence-electron chi connectivity index (χ1n) is 2.12. The van der Waals surface area contributed by atoms with E-state index in [0.717, 1.165) is 0 Å². The molecule has 1 nitrogen and oxygen atoms in total. The molecule has 0 aliphatic carbocycles. The zero-order chi connectivity index (χ0) is 5.11. The van der Waals surface area contributed by atoms with Crippen LogP contribution in [-0.4, -0.2) is 0 Å². The summed E-state index contributed by atoms with van der Waals surface area (Å²) in [5.74, 6) is 0. The van der Waals surface area contributed by atoms with Crippen molar-refractivity contribution in [2.75, 3.05) is 5.73 Å². The van der Waals surface area contributed by atoms with E-state index in [-0.39, 0.29) is 1.43 Å². The fourth-order valence-electron chi connectivity index (χ4n) is 0.407. The van der Waals surface area contributed by atoms with E-state index in [0.29, 0.717) is 5.69 Å². The Hall–Kier alpha value is -0.980. The van der Waals surface area contributed by atoms with Crippen molar-refractivity contribution in [1.29, 1.82) is 0 Å². The van der Waals surface area contributed by atoms with Crippen LogP contribution in [-0.2, 0) is 0 Å². The highest BCUT2D eigenvalue weighted by atomic mass is 14.5. The van der Waals surface area contributed by atoms with E-state index in [4.69, 9.17) is 5.73 Å². The standard InChI is InChI=1S/C6H6N/c7-6-4-2-1-3-5-6/h1-4H,7H2/p+1. The number of anilines is 1. The molecular formula is C6H7N+. The van der Waals surface area contributed by atoms with Gasteiger partial charge in [-0.15, -0.1) is 0 Å². The number of nitrogens with two attached hydrogens (primary N) is 1. The van der Waals surface area contributed by atoms with Crippen LogP contribution in [0.3, 0.4) is 0 Å². The maximum absolute atomic E-state index is 5.30. The fourth-order valence-corrected chi connectivity index (χ4v) is 0.407. The second-order valence-electron chi connectivity index (χ2n) is 1.32. The van der Waals surface area contributed by atoms with Gasteiger partial charge in [-0.1, -0.05) is 18.2 Å². The molecule has 7 heavy (non-hydrogen) atoms. The number of rotatable bonds is 0. The van der Waals surface area contributed by atoms with Gasteiger partial charge in [0.2, 0.25) is 0 Å². The van der Waals surface area contributed by atoms with E-state index in [2.05, 4.69) is 6.07 Å². The summed E-state index contributed by atoms with van der Waals surface area (Å²) in [5.41, 5.74) is 6.00. The molecule has 0 aromatic heterocycles. The van der Waals surface area contributed by atoms with Gasteiger partial charge in [0.25, 0.3) is 0 Å². The number of nitrogen functional groups attached to an aromatic ring is 1. The van der Waals surface area contributed by atoms with Crippen LogP contribution < -0.4 is 5.73 Å². The van der Waals surface area contributed by atoms with Crippen LogP contribution in [0.1, 0.15) is 1.43 Å². The molecule has 35 valence electrons. The first-order chi connectivity index (χ1) is 3.39. The fraction of sp³-hybridized carbons (Fsp3) is 0. The SMILES string of the molecule is Nc1[c]cccc1.[H+]. The van der Waals surface area contributed by atoms with Gasteiger partial charge in [0.15, 0.2) is 0 Å². The van der Waals surface area contributed by atoms with Gasteiger partial charge in [0.1, 0.15) is 0 Å². The van der Waals surface area contributed by atoms with Crippen molar-refractivity contribution in [2.45, 2.75) is 0 Å². The molecule has 0 heterocycles. The highest BCUT2D eigenvalue weighted by Gasteiger charge is 1.73. The smallest absolute Gasteiger partial charge is 0.398 e. The number of para-hydroxylation sites is 1. The quantitative estimate of drug-likeness (QED) is 0.479. The lowest BCUT2D eigenvalue weighted by Gasteiger charge is -1.82. The Morgan fingerprint density at radius 1 is 1.57 bits per heavy atom. The van der Waals surface area contributed by atoms with E-state index in [1.807, 2.05) is 12.1 Å². The predicted molar refractivity (Wildman–Crippen MR) is 30.8 cm³/mol. The normalized spacial score (nSPS) is 8.57. The van der Waals surface area contributed by atoms with Crippen LogP contribution in [0, 0.1) is 6.07 Å². The summed E-state index contributed by atoms with van der Waals surface area (Å²) in [5, 5.41) is 0. The molecule has 1 radical (unpaired) electrons. The van der Waals surface area contributed by atoms with Crippen molar-refractivity contribution < 1.29 is 1.43 Å². The molecule has 0 atom stereocenters. The highest BCUT2D eigenvalue weighted by Crippen LogP contribution is 1.94. The molecule has 0 saturated heterocycles. The van der Waals surface area contributed by atoms with Gasteiger partial charge in [-0.2, -0.15) is 0 Å². The van der Waals surface area contributed by atoms with E-state index in [1.54, 1.807) is 12.1 Å². The predicted octanol–water partition coefficient (Wildman–Crippen LogP) is 1.18. The van der Waals surface area contributed by atoms with Crippen LogP contribution >= 0.6 is 0 Å². The molecule has 0 saturated carbocycles. The summed E-state index contributed by atoms with van der Waals surface area (Å²) in [6.45, 7) is 0. The molecular weight excluding hydrogens is 86.1 g/mol. The Kier molecular flexibility index (Phi) is 0.984. The number of hydrogen-bond donors (Lipinski definition) is 1. The third-order valence-corrected chi connectivity index (χ3v) is 0.733.